The van der Waals surface area contributed by atoms with Crippen LogP contribution in [0.3, 0.4) is 0 Å². The number of nitrogens with two attached hydrogens (primary N) is 1. The normalized spacial score (nSPS) is 19.9. The summed E-state index contributed by atoms with van der Waals surface area (Å²) >= 11 is 0. The van der Waals surface area contributed by atoms with Crippen molar-refractivity contribution in [2.45, 2.75) is 44.4 Å². The summed E-state index contributed by atoms with van der Waals surface area (Å²) in [6.45, 7) is 1.94. The van der Waals surface area contributed by atoms with Gasteiger partial charge >= 0.3 is 0 Å². The van der Waals surface area contributed by atoms with Gasteiger partial charge in [-0.15, -0.1) is 0 Å². The van der Waals surface area contributed by atoms with Crippen LogP contribution in [0.2, 0.25) is 0 Å². The summed E-state index contributed by atoms with van der Waals surface area (Å²) in [5.74, 6) is 2.60. The fraction of sp³-hybridized carbons (Fsp3) is 0.382. The number of hydrogen-bond donors (Lipinski definition) is 1. The lowest BCUT2D eigenvalue weighted by Crippen LogP contribution is -2.50. The van der Waals surface area contributed by atoms with Crippen LogP contribution in [0.4, 0.5) is 4.39 Å². The molecule has 2 atom stereocenters. The summed E-state index contributed by atoms with van der Waals surface area (Å²) in [4.78, 5) is 25.2. The second kappa shape index (κ2) is 10.3. The number of halogens is 1. The number of aryl methyl sites for hydroxylation is 1. The number of nitrogens with zero attached hydrogens (tertiary/aromatic N) is 5. The average molecular weight is 595 g/mol. The first kappa shape index (κ1) is 27.1. The molecule has 0 radical (unpaired) electrons. The number of hydrogen-bond acceptors (Lipinski definition) is 6. The molecule has 3 aromatic heterocycles. The molecule has 2 aliphatic heterocycles. The van der Waals surface area contributed by atoms with Crippen molar-refractivity contribution in [1.29, 1.82) is 0 Å². The molecule has 0 spiro atoms. The van der Waals surface area contributed by atoms with Crippen molar-refractivity contribution in [3.8, 4) is 34.3 Å². The van der Waals surface area contributed by atoms with E-state index in [1.165, 1.54) is 23.3 Å². The Morgan fingerprint density at radius 1 is 1.11 bits per heavy atom. The lowest BCUT2D eigenvalue weighted by molar-refractivity contribution is 0.0606. The maximum Gasteiger partial charge on any atom is 0.254 e. The summed E-state index contributed by atoms with van der Waals surface area (Å²) < 4.78 is 30.1. The fourth-order valence-electron chi connectivity index (χ4n) is 6.80. The number of pyridine rings is 1. The van der Waals surface area contributed by atoms with E-state index in [4.69, 9.17) is 25.2 Å². The molecule has 0 unspecified atom stereocenters. The third kappa shape index (κ3) is 4.59. The summed E-state index contributed by atoms with van der Waals surface area (Å²) in [5, 5.41) is 1.05. The summed E-state index contributed by atoms with van der Waals surface area (Å²) in [6, 6.07) is 15.8. The van der Waals surface area contributed by atoms with Gasteiger partial charge < -0.3 is 29.2 Å². The van der Waals surface area contributed by atoms with Crippen molar-refractivity contribution >= 4 is 28.0 Å². The van der Waals surface area contributed by atoms with Crippen LogP contribution in [0.25, 0.3) is 44.8 Å². The van der Waals surface area contributed by atoms with Crippen LogP contribution in [0.5, 0.6) is 11.5 Å². The third-order valence-electron chi connectivity index (χ3n) is 9.22. The Labute approximate surface area is 254 Å². The number of alkyl halides is 1. The molecule has 2 aromatic carbocycles. The SMILES string of the molecule is COc1cc(C(=O)N2C[C@H](N)C[C@@H](F)C2)cc2nc(-c3cc4ccc(-c5ccc6c(c5)CCO6)nc4n3CC3CC3)n(C)c12. The van der Waals surface area contributed by atoms with Gasteiger partial charge in [0.1, 0.15) is 28.8 Å². The van der Waals surface area contributed by atoms with Crippen LogP contribution >= 0.6 is 0 Å². The molecule has 1 aliphatic carbocycles. The molecular formula is C34H35FN6O3. The number of benzene rings is 2. The number of fused-ring (bicyclic) bond motifs is 3. The maximum atomic E-state index is 14.3. The number of rotatable bonds is 6. The molecule has 1 saturated carbocycles. The third-order valence-corrected chi connectivity index (χ3v) is 9.22. The number of likely N-dealkylation sites (tertiary alicyclic amines) is 1. The topological polar surface area (TPSA) is 100 Å². The zero-order valence-corrected chi connectivity index (χ0v) is 24.9. The van der Waals surface area contributed by atoms with Crippen molar-refractivity contribution in [1.82, 2.24) is 24.0 Å². The Kier molecular flexibility index (Phi) is 6.37. The molecule has 9 nitrogen and oxygen atoms in total. The smallest absolute Gasteiger partial charge is 0.254 e. The van der Waals surface area contributed by atoms with Crippen LogP contribution < -0.4 is 15.2 Å². The molecule has 1 saturated heterocycles. The minimum absolute atomic E-state index is 0.0375. The van der Waals surface area contributed by atoms with E-state index in [1.807, 2.05) is 17.7 Å². The molecule has 1 amide bonds. The maximum absolute atomic E-state index is 14.3. The number of aromatic nitrogens is 4. The largest absolute Gasteiger partial charge is 0.494 e. The van der Waals surface area contributed by atoms with Gasteiger partial charge in [0.2, 0.25) is 0 Å². The second-order valence-electron chi connectivity index (χ2n) is 12.5. The highest BCUT2D eigenvalue weighted by Crippen LogP contribution is 2.38. The van der Waals surface area contributed by atoms with Crippen LogP contribution in [0.15, 0.2) is 48.5 Å². The predicted molar refractivity (Wildman–Crippen MR) is 167 cm³/mol. The Morgan fingerprint density at radius 2 is 1.98 bits per heavy atom. The van der Waals surface area contributed by atoms with E-state index in [0.29, 0.717) is 29.3 Å². The van der Waals surface area contributed by atoms with Gasteiger partial charge in [-0.05, 0) is 79.3 Å². The van der Waals surface area contributed by atoms with E-state index in [2.05, 4.69) is 34.9 Å². The standard InChI is InChI=1S/C34H35FN6O3/c1-39-31-27(12-23(14-30(31)43-2)34(42)40-17-24(35)15-25(36)18-40)38-33(39)28-13-22-5-7-26(37-32(22)41(28)16-19-3-4-19)20-6-8-29-21(11-20)9-10-44-29/h5-8,11-14,19,24-25H,3-4,9-10,15-18,36H2,1-2H3/t24-,25-/m1/s1. The van der Waals surface area contributed by atoms with Gasteiger partial charge in [0.15, 0.2) is 5.82 Å². The highest BCUT2D eigenvalue weighted by Gasteiger charge is 2.31. The van der Waals surface area contributed by atoms with Crippen molar-refractivity contribution in [3.63, 3.8) is 0 Å². The minimum Gasteiger partial charge on any atom is -0.494 e. The van der Waals surface area contributed by atoms with E-state index in [1.54, 1.807) is 19.2 Å². The highest BCUT2D eigenvalue weighted by molar-refractivity contribution is 6.00. The van der Waals surface area contributed by atoms with Gasteiger partial charge in [-0.2, -0.15) is 0 Å². The Bertz CT molecular complexity index is 1930. The van der Waals surface area contributed by atoms with Crippen molar-refractivity contribution in [2.75, 3.05) is 26.8 Å². The molecule has 8 rings (SSSR count). The van der Waals surface area contributed by atoms with Gasteiger partial charge in [-0.1, -0.05) is 0 Å². The van der Waals surface area contributed by atoms with E-state index < -0.39 is 6.17 Å². The molecule has 3 aliphatic rings. The number of methoxy groups -OCH3 is 1. The molecular weight excluding hydrogens is 559 g/mol. The zero-order valence-electron chi connectivity index (χ0n) is 24.9. The quantitative estimate of drug-likeness (QED) is 0.293. The molecule has 10 heteroatoms. The second-order valence-corrected chi connectivity index (χ2v) is 12.5. The summed E-state index contributed by atoms with van der Waals surface area (Å²) in [5.41, 5.74) is 13.0. The predicted octanol–water partition coefficient (Wildman–Crippen LogP) is 5.12. The van der Waals surface area contributed by atoms with E-state index in [0.717, 1.165) is 64.6 Å². The van der Waals surface area contributed by atoms with Gasteiger partial charge in [-0.25, -0.2) is 14.4 Å². The van der Waals surface area contributed by atoms with Crippen molar-refractivity contribution < 1.29 is 18.7 Å². The van der Waals surface area contributed by atoms with Crippen LogP contribution in [0.1, 0.15) is 35.2 Å². The first-order valence-electron chi connectivity index (χ1n) is 15.4. The van der Waals surface area contributed by atoms with Gasteiger partial charge in [0, 0.05) is 49.1 Å². The lowest BCUT2D eigenvalue weighted by atomic mass is 10.0. The zero-order chi connectivity index (χ0) is 30.1. The van der Waals surface area contributed by atoms with Crippen LogP contribution in [0, 0.1) is 5.92 Å². The number of ether oxygens (including phenoxy) is 2. The molecule has 5 heterocycles. The summed E-state index contributed by atoms with van der Waals surface area (Å²) in [6.07, 6.45) is 2.45. The van der Waals surface area contributed by atoms with E-state index in [9.17, 15) is 9.18 Å². The Balaban J connectivity index is 1.23. The monoisotopic (exact) mass is 594 g/mol. The number of amides is 1. The number of carbonyl (C=O) groups is 1. The molecule has 2 fully saturated rings. The average Bonchev–Trinajstić information content (AvgIpc) is 3.44. The minimum atomic E-state index is -1.13. The molecule has 0 bridgehead atoms. The first-order valence-corrected chi connectivity index (χ1v) is 15.4. The van der Waals surface area contributed by atoms with Crippen LogP contribution in [-0.2, 0) is 20.0 Å². The van der Waals surface area contributed by atoms with E-state index >= 15 is 0 Å². The number of piperidine rings is 1. The fourth-order valence-corrected chi connectivity index (χ4v) is 6.80. The van der Waals surface area contributed by atoms with Gasteiger partial charge in [-0.3, -0.25) is 4.79 Å². The molecule has 5 aromatic rings. The lowest BCUT2D eigenvalue weighted by Gasteiger charge is -2.33. The van der Waals surface area contributed by atoms with Gasteiger partial charge in [0.25, 0.3) is 5.91 Å². The van der Waals surface area contributed by atoms with Gasteiger partial charge in [0.05, 0.1) is 37.2 Å². The van der Waals surface area contributed by atoms with Crippen molar-refractivity contribution in [2.24, 2.45) is 18.7 Å². The Morgan fingerprint density at radius 3 is 2.77 bits per heavy atom. The molecule has 226 valence electrons. The first-order chi connectivity index (χ1) is 21.4. The highest BCUT2D eigenvalue weighted by atomic mass is 19.1. The number of carbonyl (C=O) groups excluding carboxylic acids is 1. The van der Waals surface area contributed by atoms with Crippen molar-refractivity contribution in [3.05, 3.63) is 59.7 Å². The summed E-state index contributed by atoms with van der Waals surface area (Å²) in [7, 11) is 3.56. The molecule has 2 N–H and O–H groups in total. The molecule has 44 heavy (non-hydrogen) atoms. The van der Waals surface area contributed by atoms with E-state index in [-0.39, 0.29) is 24.9 Å². The number of imidazole rings is 1. The van der Waals surface area contributed by atoms with Crippen LogP contribution in [-0.4, -0.2) is 68.9 Å². The Hall–Kier alpha value is -4.44.